The summed E-state index contributed by atoms with van der Waals surface area (Å²) < 4.78 is 5.18. The van der Waals surface area contributed by atoms with Gasteiger partial charge in [0, 0.05) is 6.04 Å². The fraction of sp³-hybridized carbons (Fsp3) is 0.364. The molecule has 0 saturated carbocycles. The fourth-order valence-electron chi connectivity index (χ4n) is 1.11. The zero-order chi connectivity index (χ0) is 10.6. The van der Waals surface area contributed by atoms with Crippen LogP contribution in [-0.2, 0) is 0 Å². The van der Waals surface area contributed by atoms with Crippen LogP contribution in [-0.4, -0.2) is 18.3 Å². The molecule has 0 aliphatic rings. The SMILES string of the molecule is COc1ccccc1/C(Cl)=N/C(C)C. The highest BCUT2D eigenvalue weighted by atomic mass is 35.5. The van der Waals surface area contributed by atoms with Crippen LogP contribution in [0.4, 0.5) is 0 Å². The summed E-state index contributed by atoms with van der Waals surface area (Å²) in [6, 6.07) is 7.77. The lowest BCUT2D eigenvalue weighted by atomic mass is 10.2. The van der Waals surface area contributed by atoms with E-state index in [0.29, 0.717) is 5.17 Å². The van der Waals surface area contributed by atoms with Crippen LogP contribution in [0.25, 0.3) is 0 Å². The first-order chi connectivity index (χ1) is 6.65. The average Bonchev–Trinajstić information content (AvgIpc) is 2.16. The molecule has 3 heteroatoms. The molecule has 14 heavy (non-hydrogen) atoms. The van der Waals surface area contributed by atoms with Crippen LogP contribution in [0.15, 0.2) is 29.3 Å². The van der Waals surface area contributed by atoms with E-state index in [4.69, 9.17) is 16.3 Å². The third-order valence-electron chi connectivity index (χ3n) is 1.70. The molecule has 2 nitrogen and oxygen atoms in total. The summed E-state index contributed by atoms with van der Waals surface area (Å²) in [6.07, 6.45) is 0. The number of hydrogen-bond donors (Lipinski definition) is 0. The number of nitrogens with zero attached hydrogens (tertiary/aromatic N) is 1. The van der Waals surface area contributed by atoms with Gasteiger partial charge in [0.25, 0.3) is 0 Å². The van der Waals surface area contributed by atoms with Crippen LogP contribution >= 0.6 is 11.6 Å². The summed E-state index contributed by atoms with van der Waals surface area (Å²) in [5.74, 6) is 0.752. The van der Waals surface area contributed by atoms with E-state index in [1.54, 1.807) is 7.11 Å². The van der Waals surface area contributed by atoms with Gasteiger partial charge in [-0.1, -0.05) is 23.7 Å². The lowest BCUT2D eigenvalue weighted by molar-refractivity contribution is 0.414. The van der Waals surface area contributed by atoms with Crippen molar-refractivity contribution in [2.24, 2.45) is 4.99 Å². The Balaban J connectivity index is 3.05. The van der Waals surface area contributed by atoms with Crippen LogP contribution in [0.5, 0.6) is 5.75 Å². The summed E-state index contributed by atoms with van der Waals surface area (Å²) in [7, 11) is 1.62. The summed E-state index contributed by atoms with van der Waals surface area (Å²) >= 11 is 6.06. The summed E-state index contributed by atoms with van der Waals surface area (Å²) in [5, 5.41) is 0.498. The Morgan fingerprint density at radius 3 is 2.57 bits per heavy atom. The number of halogens is 1. The molecule has 0 saturated heterocycles. The van der Waals surface area contributed by atoms with E-state index in [2.05, 4.69) is 4.99 Å². The first-order valence-corrected chi connectivity index (χ1v) is 4.89. The fourth-order valence-corrected chi connectivity index (χ4v) is 1.46. The third kappa shape index (κ3) is 2.74. The van der Waals surface area contributed by atoms with Gasteiger partial charge in [0.2, 0.25) is 0 Å². The van der Waals surface area contributed by atoms with E-state index in [1.807, 2.05) is 38.1 Å². The Morgan fingerprint density at radius 1 is 1.36 bits per heavy atom. The van der Waals surface area contributed by atoms with E-state index in [9.17, 15) is 0 Å². The minimum absolute atomic E-state index is 0.187. The largest absolute Gasteiger partial charge is 0.496 e. The van der Waals surface area contributed by atoms with Crippen molar-refractivity contribution >= 4 is 16.8 Å². The van der Waals surface area contributed by atoms with Crippen molar-refractivity contribution in [3.8, 4) is 5.75 Å². The van der Waals surface area contributed by atoms with Crippen molar-refractivity contribution in [2.45, 2.75) is 19.9 Å². The number of aliphatic imine (C=N–C) groups is 1. The maximum atomic E-state index is 6.06. The lowest BCUT2D eigenvalue weighted by Gasteiger charge is -2.06. The molecule has 1 aromatic carbocycles. The molecular formula is C11H14ClNO. The van der Waals surface area contributed by atoms with Gasteiger partial charge < -0.3 is 4.74 Å². The first kappa shape index (κ1) is 11.1. The Kier molecular flexibility index (Phi) is 3.96. The average molecular weight is 212 g/mol. The van der Waals surface area contributed by atoms with Crippen molar-refractivity contribution < 1.29 is 4.74 Å². The van der Waals surface area contributed by atoms with Crippen LogP contribution in [0.2, 0.25) is 0 Å². The summed E-state index contributed by atoms with van der Waals surface area (Å²) in [5.41, 5.74) is 0.838. The van der Waals surface area contributed by atoms with Crippen LogP contribution < -0.4 is 4.74 Å². The predicted octanol–water partition coefficient (Wildman–Crippen LogP) is 3.09. The highest BCUT2D eigenvalue weighted by Gasteiger charge is 2.06. The van der Waals surface area contributed by atoms with Gasteiger partial charge in [0.05, 0.1) is 12.7 Å². The Hall–Kier alpha value is -1.02. The molecule has 0 N–H and O–H groups in total. The van der Waals surface area contributed by atoms with E-state index >= 15 is 0 Å². The van der Waals surface area contributed by atoms with Crippen LogP contribution in [0, 0.1) is 0 Å². The van der Waals surface area contributed by atoms with Gasteiger partial charge in [0.1, 0.15) is 10.9 Å². The molecule has 0 amide bonds. The van der Waals surface area contributed by atoms with Crippen molar-refractivity contribution in [1.29, 1.82) is 0 Å². The minimum atomic E-state index is 0.187. The maximum absolute atomic E-state index is 6.06. The molecule has 0 atom stereocenters. The Morgan fingerprint density at radius 2 is 2.00 bits per heavy atom. The van der Waals surface area contributed by atoms with Crippen molar-refractivity contribution in [3.63, 3.8) is 0 Å². The number of methoxy groups -OCH3 is 1. The second-order valence-electron chi connectivity index (χ2n) is 3.21. The number of rotatable bonds is 3. The highest BCUT2D eigenvalue weighted by Crippen LogP contribution is 2.20. The Bertz CT molecular complexity index is 334. The number of ether oxygens (including phenoxy) is 1. The maximum Gasteiger partial charge on any atom is 0.134 e. The molecule has 0 bridgehead atoms. The number of para-hydroxylation sites is 1. The van der Waals surface area contributed by atoms with Crippen molar-refractivity contribution in [3.05, 3.63) is 29.8 Å². The second-order valence-corrected chi connectivity index (χ2v) is 3.57. The van der Waals surface area contributed by atoms with E-state index < -0.39 is 0 Å². The highest BCUT2D eigenvalue weighted by molar-refractivity contribution is 6.69. The van der Waals surface area contributed by atoms with Gasteiger partial charge in [-0.15, -0.1) is 0 Å². The number of hydrogen-bond acceptors (Lipinski definition) is 2. The van der Waals surface area contributed by atoms with Gasteiger partial charge >= 0.3 is 0 Å². The predicted molar refractivity (Wildman–Crippen MR) is 60.5 cm³/mol. The smallest absolute Gasteiger partial charge is 0.134 e. The van der Waals surface area contributed by atoms with Crippen molar-refractivity contribution in [1.82, 2.24) is 0 Å². The molecule has 76 valence electrons. The van der Waals surface area contributed by atoms with Gasteiger partial charge in [-0.05, 0) is 26.0 Å². The van der Waals surface area contributed by atoms with Crippen LogP contribution in [0.3, 0.4) is 0 Å². The number of benzene rings is 1. The minimum Gasteiger partial charge on any atom is -0.496 e. The first-order valence-electron chi connectivity index (χ1n) is 4.52. The van der Waals surface area contributed by atoms with Gasteiger partial charge in [0.15, 0.2) is 0 Å². The molecule has 0 unspecified atom stereocenters. The lowest BCUT2D eigenvalue weighted by Crippen LogP contribution is -2.00. The molecule has 0 radical (unpaired) electrons. The molecule has 1 rings (SSSR count). The monoisotopic (exact) mass is 211 g/mol. The zero-order valence-electron chi connectivity index (χ0n) is 8.62. The van der Waals surface area contributed by atoms with Gasteiger partial charge in [-0.25, -0.2) is 0 Å². The molecule has 0 fully saturated rings. The van der Waals surface area contributed by atoms with E-state index in [1.165, 1.54) is 0 Å². The molecule has 0 aliphatic heterocycles. The molecule has 0 aromatic heterocycles. The normalized spacial score (nSPS) is 11.9. The second kappa shape index (κ2) is 5.01. The molecule has 0 spiro atoms. The molecule has 0 heterocycles. The molecule has 1 aromatic rings. The van der Waals surface area contributed by atoms with Gasteiger partial charge in [-0.2, -0.15) is 0 Å². The van der Waals surface area contributed by atoms with E-state index in [-0.39, 0.29) is 6.04 Å². The third-order valence-corrected chi connectivity index (χ3v) is 2.00. The standard InChI is InChI=1S/C11H14ClNO/c1-8(2)13-11(12)9-6-4-5-7-10(9)14-3/h4-8H,1-3H3/b13-11-. The van der Waals surface area contributed by atoms with Crippen molar-refractivity contribution in [2.75, 3.05) is 7.11 Å². The summed E-state index contributed by atoms with van der Waals surface area (Å²) in [4.78, 5) is 4.26. The topological polar surface area (TPSA) is 21.6 Å². The molecular weight excluding hydrogens is 198 g/mol. The molecule has 0 aliphatic carbocycles. The Labute approximate surface area is 89.6 Å². The van der Waals surface area contributed by atoms with Gasteiger partial charge in [-0.3, -0.25) is 4.99 Å². The quantitative estimate of drug-likeness (QED) is 0.705. The van der Waals surface area contributed by atoms with Crippen LogP contribution in [0.1, 0.15) is 19.4 Å². The summed E-state index contributed by atoms with van der Waals surface area (Å²) in [6.45, 7) is 3.97. The zero-order valence-corrected chi connectivity index (χ0v) is 9.38. The van der Waals surface area contributed by atoms with E-state index in [0.717, 1.165) is 11.3 Å².